The van der Waals surface area contributed by atoms with E-state index in [2.05, 4.69) is 5.32 Å². The summed E-state index contributed by atoms with van der Waals surface area (Å²) in [5.74, 6) is -3.10. The van der Waals surface area contributed by atoms with Crippen LogP contribution >= 0.6 is 0 Å². The zero-order valence-electron chi connectivity index (χ0n) is 15.0. The summed E-state index contributed by atoms with van der Waals surface area (Å²) in [7, 11) is 0. The second-order valence-electron chi connectivity index (χ2n) is 6.46. The van der Waals surface area contributed by atoms with Gasteiger partial charge in [0.25, 0.3) is 5.91 Å². The van der Waals surface area contributed by atoms with Crippen molar-refractivity contribution in [3.05, 3.63) is 60.2 Å². The molecule has 1 N–H and O–H groups in total. The molecule has 1 heterocycles. The molecule has 2 amide bonds. The van der Waals surface area contributed by atoms with Crippen molar-refractivity contribution in [2.24, 2.45) is 5.92 Å². The van der Waals surface area contributed by atoms with Crippen LogP contribution in [0.3, 0.4) is 0 Å². The molecule has 0 radical (unpaired) electrons. The summed E-state index contributed by atoms with van der Waals surface area (Å²) in [6, 6.07) is 10.5. The number of esters is 1. The van der Waals surface area contributed by atoms with Crippen LogP contribution in [0.1, 0.15) is 13.3 Å². The molecule has 1 saturated heterocycles. The van der Waals surface area contributed by atoms with Crippen LogP contribution in [-0.2, 0) is 19.1 Å². The van der Waals surface area contributed by atoms with Crippen LogP contribution in [0.5, 0.6) is 0 Å². The fourth-order valence-electron chi connectivity index (χ4n) is 2.84. The van der Waals surface area contributed by atoms with Crippen LogP contribution in [0.15, 0.2) is 48.5 Å². The molecule has 2 aromatic carbocycles. The highest BCUT2D eigenvalue weighted by atomic mass is 19.1. The second kappa shape index (κ2) is 8.16. The fraction of sp³-hybridized carbons (Fsp3) is 0.250. The quantitative estimate of drug-likeness (QED) is 0.800. The second-order valence-corrected chi connectivity index (χ2v) is 6.46. The minimum atomic E-state index is -1.09. The van der Waals surface area contributed by atoms with E-state index in [1.807, 2.05) is 0 Å². The molecule has 2 atom stereocenters. The number of anilines is 2. The van der Waals surface area contributed by atoms with E-state index in [9.17, 15) is 23.2 Å². The lowest BCUT2D eigenvalue weighted by molar-refractivity contribution is -0.157. The standard InChI is InChI=1S/C20H18F2N2O4/c1-12(19(26)23-16-6-2-14(21)3-7-16)28-20(27)13-10-18(25)24(11-13)17-8-4-15(22)5-9-17/h2-9,12-13H,10-11H2,1H3,(H,23,26). The number of nitrogens with one attached hydrogen (secondary N) is 1. The summed E-state index contributed by atoms with van der Waals surface area (Å²) in [5, 5.41) is 2.52. The number of halogens is 2. The Hall–Kier alpha value is -3.29. The Bertz CT molecular complexity index is 884. The van der Waals surface area contributed by atoms with Gasteiger partial charge in [0.05, 0.1) is 5.92 Å². The Balaban J connectivity index is 1.56. The van der Waals surface area contributed by atoms with Gasteiger partial charge in [0, 0.05) is 24.3 Å². The first-order valence-corrected chi connectivity index (χ1v) is 8.66. The van der Waals surface area contributed by atoms with Crippen molar-refractivity contribution in [2.45, 2.75) is 19.4 Å². The van der Waals surface area contributed by atoms with Gasteiger partial charge in [0.15, 0.2) is 6.10 Å². The smallest absolute Gasteiger partial charge is 0.312 e. The van der Waals surface area contributed by atoms with Crippen molar-refractivity contribution >= 4 is 29.2 Å². The zero-order valence-corrected chi connectivity index (χ0v) is 15.0. The van der Waals surface area contributed by atoms with Gasteiger partial charge in [-0.15, -0.1) is 0 Å². The Morgan fingerprint density at radius 2 is 1.64 bits per heavy atom. The van der Waals surface area contributed by atoms with Gasteiger partial charge < -0.3 is 15.0 Å². The normalized spacial score (nSPS) is 17.3. The van der Waals surface area contributed by atoms with E-state index in [-0.39, 0.29) is 18.9 Å². The number of hydrogen-bond acceptors (Lipinski definition) is 4. The SMILES string of the molecule is CC(OC(=O)C1CC(=O)N(c2ccc(F)cc2)C1)C(=O)Nc1ccc(F)cc1. The molecule has 0 aromatic heterocycles. The van der Waals surface area contributed by atoms with E-state index in [1.165, 1.54) is 60.4 Å². The Labute approximate surface area is 160 Å². The third-order valence-corrected chi connectivity index (χ3v) is 4.37. The number of rotatable bonds is 5. The van der Waals surface area contributed by atoms with E-state index in [0.29, 0.717) is 11.4 Å². The maximum Gasteiger partial charge on any atom is 0.312 e. The highest BCUT2D eigenvalue weighted by molar-refractivity contribution is 6.00. The van der Waals surface area contributed by atoms with Gasteiger partial charge in [-0.3, -0.25) is 14.4 Å². The van der Waals surface area contributed by atoms with E-state index in [1.54, 1.807) is 0 Å². The van der Waals surface area contributed by atoms with E-state index < -0.39 is 35.5 Å². The van der Waals surface area contributed by atoms with Crippen LogP contribution in [0.2, 0.25) is 0 Å². The summed E-state index contributed by atoms with van der Waals surface area (Å²) in [6.07, 6.45) is -1.14. The molecule has 6 nitrogen and oxygen atoms in total. The van der Waals surface area contributed by atoms with Crippen molar-refractivity contribution in [2.75, 3.05) is 16.8 Å². The number of nitrogens with zero attached hydrogens (tertiary/aromatic N) is 1. The van der Waals surface area contributed by atoms with Crippen molar-refractivity contribution in [3.63, 3.8) is 0 Å². The molecule has 0 saturated carbocycles. The van der Waals surface area contributed by atoms with Gasteiger partial charge in [-0.25, -0.2) is 8.78 Å². The predicted octanol–water partition coefficient (Wildman–Crippen LogP) is 2.89. The van der Waals surface area contributed by atoms with Crippen LogP contribution in [-0.4, -0.2) is 30.4 Å². The van der Waals surface area contributed by atoms with Crippen molar-refractivity contribution in [1.82, 2.24) is 0 Å². The monoisotopic (exact) mass is 388 g/mol. The van der Waals surface area contributed by atoms with Crippen molar-refractivity contribution in [1.29, 1.82) is 0 Å². The number of hydrogen-bond donors (Lipinski definition) is 1. The number of benzene rings is 2. The molecule has 146 valence electrons. The van der Waals surface area contributed by atoms with Crippen molar-refractivity contribution in [3.8, 4) is 0 Å². The lowest BCUT2D eigenvalue weighted by Gasteiger charge is -2.18. The first kappa shape index (κ1) is 19.5. The molecule has 2 unspecified atom stereocenters. The first-order valence-electron chi connectivity index (χ1n) is 8.66. The maximum absolute atomic E-state index is 13.0. The Kier molecular flexibility index (Phi) is 5.67. The van der Waals surface area contributed by atoms with E-state index >= 15 is 0 Å². The lowest BCUT2D eigenvalue weighted by Crippen LogP contribution is -2.33. The van der Waals surface area contributed by atoms with Crippen LogP contribution < -0.4 is 10.2 Å². The molecule has 0 spiro atoms. The van der Waals surface area contributed by atoms with Gasteiger partial charge >= 0.3 is 5.97 Å². The molecule has 2 aromatic rings. The maximum atomic E-state index is 13.0. The predicted molar refractivity (Wildman–Crippen MR) is 97.4 cm³/mol. The van der Waals surface area contributed by atoms with Gasteiger partial charge in [-0.1, -0.05) is 0 Å². The number of ether oxygens (including phenoxy) is 1. The Morgan fingerprint density at radius 1 is 1.07 bits per heavy atom. The molecule has 0 aliphatic carbocycles. The third kappa shape index (κ3) is 4.51. The van der Waals surface area contributed by atoms with Gasteiger partial charge in [0.2, 0.25) is 5.91 Å². The summed E-state index contributed by atoms with van der Waals surface area (Å²) in [6.45, 7) is 1.50. The van der Waals surface area contributed by atoms with Crippen LogP contribution in [0, 0.1) is 17.6 Å². The molecular formula is C20H18F2N2O4. The van der Waals surface area contributed by atoms with Gasteiger partial charge in [-0.05, 0) is 55.5 Å². The van der Waals surface area contributed by atoms with Gasteiger partial charge in [0.1, 0.15) is 11.6 Å². The van der Waals surface area contributed by atoms with E-state index in [4.69, 9.17) is 4.74 Å². The highest BCUT2D eigenvalue weighted by Gasteiger charge is 2.37. The minimum Gasteiger partial charge on any atom is -0.452 e. The molecule has 1 aliphatic rings. The van der Waals surface area contributed by atoms with Crippen LogP contribution in [0.4, 0.5) is 20.2 Å². The molecule has 1 aliphatic heterocycles. The fourth-order valence-corrected chi connectivity index (χ4v) is 2.84. The van der Waals surface area contributed by atoms with Crippen LogP contribution in [0.25, 0.3) is 0 Å². The molecule has 3 rings (SSSR count). The van der Waals surface area contributed by atoms with E-state index in [0.717, 1.165) is 0 Å². The molecule has 0 bridgehead atoms. The molecule has 1 fully saturated rings. The Morgan fingerprint density at radius 3 is 2.25 bits per heavy atom. The summed E-state index contributed by atoms with van der Waals surface area (Å²) in [4.78, 5) is 38.0. The highest BCUT2D eigenvalue weighted by Crippen LogP contribution is 2.26. The summed E-state index contributed by atoms with van der Waals surface area (Å²) < 4.78 is 31.1. The summed E-state index contributed by atoms with van der Waals surface area (Å²) in [5.41, 5.74) is 0.858. The lowest BCUT2D eigenvalue weighted by atomic mass is 10.1. The third-order valence-electron chi connectivity index (χ3n) is 4.37. The average molecular weight is 388 g/mol. The molecule has 28 heavy (non-hydrogen) atoms. The number of carbonyl (C=O) groups is 3. The largest absolute Gasteiger partial charge is 0.452 e. The topological polar surface area (TPSA) is 75.7 Å². The minimum absolute atomic E-state index is 0.0531. The van der Waals surface area contributed by atoms with Gasteiger partial charge in [-0.2, -0.15) is 0 Å². The number of amides is 2. The summed E-state index contributed by atoms with van der Waals surface area (Å²) >= 11 is 0. The van der Waals surface area contributed by atoms with Crippen molar-refractivity contribution < 1.29 is 27.9 Å². The molecule has 8 heteroatoms. The zero-order chi connectivity index (χ0) is 20.3. The first-order chi connectivity index (χ1) is 13.3. The average Bonchev–Trinajstić information content (AvgIpc) is 3.06. The number of carbonyl (C=O) groups excluding carboxylic acids is 3. The molecular weight excluding hydrogens is 370 g/mol.